The zero-order valence-electron chi connectivity index (χ0n) is 22.5. The predicted molar refractivity (Wildman–Crippen MR) is 163 cm³/mol. The van der Waals surface area contributed by atoms with Crippen molar-refractivity contribution >= 4 is 15.9 Å². The minimum Gasteiger partial charge on any atom is -0.485 e. The van der Waals surface area contributed by atoms with Gasteiger partial charge in [-0.2, -0.15) is 0 Å². The molecule has 5 aromatic carbocycles. The third kappa shape index (κ3) is 3.83. The van der Waals surface area contributed by atoms with E-state index in [4.69, 9.17) is 9.47 Å². The van der Waals surface area contributed by atoms with E-state index in [0.29, 0.717) is 0 Å². The highest BCUT2D eigenvalue weighted by Crippen LogP contribution is 2.59. The molecule has 3 heteroatoms. The zero-order valence-corrected chi connectivity index (χ0v) is 24.1. The summed E-state index contributed by atoms with van der Waals surface area (Å²) in [5.41, 5.74) is 14.5. The summed E-state index contributed by atoms with van der Waals surface area (Å²) in [4.78, 5) is 0. The number of aryl methyl sites for hydroxylation is 2. The van der Waals surface area contributed by atoms with Gasteiger partial charge in [-0.25, -0.2) is 0 Å². The summed E-state index contributed by atoms with van der Waals surface area (Å²) in [6.07, 6.45) is -0.265. The molecule has 0 aliphatic carbocycles. The summed E-state index contributed by atoms with van der Waals surface area (Å²) in [6, 6.07) is 32.6. The van der Waals surface area contributed by atoms with E-state index in [1.165, 1.54) is 55.6 Å². The predicted octanol–water partition coefficient (Wildman–Crippen LogP) is 10.6. The summed E-state index contributed by atoms with van der Waals surface area (Å²) in [5, 5.41) is 0. The molecule has 2 aliphatic heterocycles. The van der Waals surface area contributed by atoms with Gasteiger partial charge in [0, 0.05) is 37.9 Å². The fraction of sp³-hybridized carbons (Fsp3) is 0.167. The van der Waals surface area contributed by atoms with Crippen molar-refractivity contribution in [1.82, 2.24) is 0 Å². The minimum absolute atomic E-state index is 0.130. The van der Waals surface area contributed by atoms with E-state index in [1.807, 2.05) is 0 Å². The van der Waals surface area contributed by atoms with E-state index in [0.717, 1.165) is 27.1 Å². The molecule has 0 unspecified atom stereocenters. The molecule has 2 heterocycles. The number of para-hydroxylation sites is 1. The molecule has 39 heavy (non-hydrogen) atoms. The first-order valence-electron chi connectivity index (χ1n) is 13.5. The van der Waals surface area contributed by atoms with E-state index >= 15 is 0 Å². The number of halogens is 1. The Bertz CT molecular complexity index is 1750. The lowest BCUT2D eigenvalue weighted by molar-refractivity contribution is 0.219. The van der Waals surface area contributed by atoms with Crippen LogP contribution in [0.2, 0.25) is 0 Å². The molecule has 2 nitrogen and oxygen atoms in total. The van der Waals surface area contributed by atoms with Crippen LogP contribution in [0.5, 0.6) is 11.5 Å². The first-order valence-corrected chi connectivity index (χ1v) is 14.3. The average molecular weight is 574 g/mol. The summed E-state index contributed by atoms with van der Waals surface area (Å²) < 4.78 is 14.3. The van der Waals surface area contributed by atoms with Crippen LogP contribution in [0.25, 0.3) is 44.5 Å². The number of fused-ring (bicyclic) bond motifs is 7. The molecule has 2 atom stereocenters. The fourth-order valence-corrected chi connectivity index (χ4v) is 6.64. The Labute approximate surface area is 238 Å². The van der Waals surface area contributed by atoms with Crippen LogP contribution in [0.4, 0.5) is 0 Å². The lowest BCUT2D eigenvalue weighted by Crippen LogP contribution is -2.20. The smallest absolute Gasteiger partial charge is 0.128 e. The number of hydrogen-bond donors (Lipinski definition) is 0. The average Bonchev–Trinajstić information content (AvgIpc) is 2.93. The van der Waals surface area contributed by atoms with Crippen molar-refractivity contribution in [3.63, 3.8) is 0 Å². The normalized spacial score (nSPS) is 16.7. The standard InChI is InChI=1S/C36H29BrO2/c1-20-9-13-24(14-10-20)33-31-22(3)38-29-8-6-5-7-27(29)35(31)36-28-19-26(37)17-18-30(28)39-23(4)32(36)34(33)25-15-11-21(2)12-16-25/h5-19,22-23H,1-4H3/t22-,23-/m1/s1. The van der Waals surface area contributed by atoms with Gasteiger partial charge in [0.2, 0.25) is 0 Å². The molecule has 0 amide bonds. The molecule has 0 spiro atoms. The van der Waals surface area contributed by atoms with E-state index in [2.05, 4.69) is 135 Å². The summed E-state index contributed by atoms with van der Waals surface area (Å²) in [7, 11) is 0. The molecular formula is C36H29BrO2. The molecule has 0 saturated carbocycles. The van der Waals surface area contributed by atoms with Crippen LogP contribution in [0.3, 0.4) is 0 Å². The lowest BCUT2D eigenvalue weighted by Gasteiger charge is -2.38. The number of rotatable bonds is 2. The van der Waals surface area contributed by atoms with Crippen LogP contribution in [-0.4, -0.2) is 0 Å². The molecule has 0 fully saturated rings. The van der Waals surface area contributed by atoms with Gasteiger partial charge in [0.05, 0.1) is 0 Å². The van der Waals surface area contributed by atoms with Crippen molar-refractivity contribution in [2.45, 2.75) is 39.9 Å². The molecule has 2 aliphatic rings. The molecule has 7 rings (SSSR count). The Morgan fingerprint density at radius 2 is 1.03 bits per heavy atom. The third-order valence-electron chi connectivity index (χ3n) is 8.05. The highest BCUT2D eigenvalue weighted by molar-refractivity contribution is 9.10. The molecule has 5 aromatic rings. The van der Waals surface area contributed by atoms with Crippen molar-refractivity contribution < 1.29 is 9.47 Å². The Morgan fingerprint density at radius 1 is 0.538 bits per heavy atom. The topological polar surface area (TPSA) is 18.5 Å². The lowest BCUT2D eigenvalue weighted by atomic mass is 9.73. The first kappa shape index (κ1) is 24.2. The third-order valence-corrected chi connectivity index (χ3v) is 8.54. The molecule has 0 radical (unpaired) electrons. The Morgan fingerprint density at radius 3 is 1.59 bits per heavy atom. The molecule has 0 bridgehead atoms. The Balaban J connectivity index is 1.73. The van der Waals surface area contributed by atoms with Gasteiger partial charge in [-0.3, -0.25) is 0 Å². The Hall–Kier alpha value is -3.82. The summed E-state index contributed by atoms with van der Waals surface area (Å²) in [6.45, 7) is 8.64. The quantitative estimate of drug-likeness (QED) is 0.209. The van der Waals surface area contributed by atoms with Gasteiger partial charge in [0.1, 0.15) is 23.7 Å². The van der Waals surface area contributed by atoms with Gasteiger partial charge in [-0.15, -0.1) is 0 Å². The molecular weight excluding hydrogens is 544 g/mol. The second-order valence-corrected chi connectivity index (χ2v) is 11.6. The van der Waals surface area contributed by atoms with Gasteiger partial charge in [-0.05, 0) is 74.2 Å². The second-order valence-electron chi connectivity index (χ2n) is 10.7. The maximum Gasteiger partial charge on any atom is 0.128 e. The van der Waals surface area contributed by atoms with Gasteiger partial charge in [0.15, 0.2) is 0 Å². The van der Waals surface area contributed by atoms with Crippen LogP contribution in [-0.2, 0) is 0 Å². The fourth-order valence-electron chi connectivity index (χ4n) is 6.28. The van der Waals surface area contributed by atoms with Crippen LogP contribution in [0.15, 0.2) is 95.5 Å². The van der Waals surface area contributed by atoms with Gasteiger partial charge in [0.25, 0.3) is 0 Å². The highest BCUT2D eigenvalue weighted by atomic mass is 79.9. The SMILES string of the molecule is Cc1ccc(-c2c(-c3ccc(C)cc3)c3c(c4c2[C@@H](C)Oc2ccccc2-4)-c2cc(Br)ccc2O[C@@H]3C)cc1. The largest absolute Gasteiger partial charge is 0.485 e. The van der Waals surface area contributed by atoms with Gasteiger partial charge in [-0.1, -0.05) is 93.8 Å². The van der Waals surface area contributed by atoms with E-state index in [-0.39, 0.29) is 12.2 Å². The monoisotopic (exact) mass is 572 g/mol. The van der Waals surface area contributed by atoms with Crippen molar-refractivity contribution in [1.29, 1.82) is 0 Å². The maximum atomic E-state index is 6.66. The van der Waals surface area contributed by atoms with E-state index in [9.17, 15) is 0 Å². The number of benzene rings is 5. The van der Waals surface area contributed by atoms with Crippen molar-refractivity contribution in [3.05, 3.63) is 118 Å². The summed E-state index contributed by atoms with van der Waals surface area (Å²) in [5.74, 6) is 1.84. The number of hydrogen-bond acceptors (Lipinski definition) is 2. The molecule has 192 valence electrons. The highest BCUT2D eigenvalue weighted by Gasteiger charge is 2.38. The summed E-state index contributed by atoms with van der Waals surface area (Å²) >= 11 is 3.75. The Kier molecular flexibility index (Phi) is 5.68. The first-order chi connectivity index (χ1) is 18.9. The van der Waals surface area contributed by atoms with Crippen molar-refractivity contribution in [2.75, 3.05) is 0 Å². The second kappa shape index (κ2) is 9.14. The molecule has 0 N–H and O–H groups in total. The van der Waals surface area contributed by atoms with E-state index in [1.54, 1.807) is 0 Å². The van der Waals surface area contributed by atoms with Crippen LogP contribution < -0.4 is 9.47 Å². The van der Waals surface area contributed by atoms with E-state index < -0.39 is 0 Å². The minimum atomic E-state index is -0.134. The van der Waals surface area contributed by atoms with Gasteiger partial charge < -0.3 is 9.47 Å². The van der Waals surface area contributed by atoms with Crippen LogP contribution in [0.1, 0.15) is 48.3 Å². The maximum absolute atomic E-state index is 6.66. The molecule has 0 aromatic heterocycles. The zero-order chi connectivity index (χ0) is 26.8. The van der Waals surface area contributed by atoms with Gasteiger partial charge >= 0.3 is 0 Å². The van der Waals surface area contributed by atoms with Crippen molar-refractivity contribution in [3.8, 4) is 56.0 Å². The van der Waals surface area contributed by atoms with Crippen molar-refractivity contribution in [2.24, 2.45) is 0 Å². The van der Waals surface area contributed by atoms with Crippen LogP contribution >= 0.6 is 15.9 Å². The number of ether oxygens (including phenoxy) is 2. The van der Waals surface area contributed by atoms with Crippen LogP contribution in [0, 0.1) is 13.8 Å². The molecule has 0 saturated heterocycles.